The van der Waals surface area contributed by atoms with Crippen molar-refractivity contribution in [3.63, 3.8) is 0 Å². The molecule has 0 aliphatic heterocycles. The smallest absolute Gasteiger partial charge is 0.245 e. The largest absolute Gasteiger partial charge is 0.391 e. The molecule has 8 nitrogen and oxygen atoms in total. The van der Waals surface area contributed by atoms with Crippen LogP contribution in [0.15, 0.2) is 30.3 Å². The Balaban J connectivity index is 2.89. The SMILES string of the molecule is CC(C)C(=O)[C@H](CCN)NC(=O)[C@@H](NC(=O)C(CCN)Cc1ccccc1)[C@H](C)O. The van der Waals surface area contributed by atoms with Gasteiger partial charge >= 0.3 is 0 Å². The van der Waals surface area contributed by atoms with E-state index < -0.39 is 30.0 Å². The summed E-state index contributed by atoms with van der Waals surface area (Å²) in [5.74, 6) is -1.84. The number of amides is 2. The Morgan fingerprint density at radius 1 is 0.933 bits per heavy atom. The third kappa shape index (κ3) is 8.22. The van der Waals surface area contributed by atoms with E-state index in [2.05, 4.69) is 10.6 Å². The number of nitrogens with two attached hydrogens (primary N) is 2. The predicted molar refractivity (Wildman–Crippen MR) is 116 cm³/mol. The zero-order valence-electron chi connectivity index (χ0n) is 18.1. The molecule has 0 aliphatic rings. The van der Waals surface area contributed by atoms with Crippen LogP contribution in [0.1, 0.15) is 39.2 Å². The van der Waals surface area contributed by atoms with Gasteiger partial charge in [0.15, 0.2) is 5.78 Å². The van der Waals surface area contributed by atoms with Gasteiger partial charge < -0.3 is 27.2 Å². The van der Waals surface area contributed by atoms with Crippen LogP contribution in [-0.4, -0.2) is 54.0 Å². The molecule has 0 saturated carbocycles. The minimum atomic E-state index is -1.19. The lowest BCUT2D eigenvalue weighted by molar-refractivity contribution is -0.135. The minimum Gasteiger partial charge on any atom is -0.391 e. The van der Waals surface area contributed by atoms with Crippen LogP contribution in [0.2, 0.25) is 0 Å². The fourth-order valence-electron chi connectivity index (χ4n) is 3.22. The summed E-state index contributed by atoms with van der Waals surface area (Å²) in [6.07, 6.45) is 0.0558. The van der Waals surface area contributed by atoms with Gasteiger partial charge in [-0.05, 0) is 44.8 Å². The molecule has 0 spiro atoms. The van der Waals surface area contributed by atoms with Crippen LogP contribution in [0.5, 0.6) is 0 Å². The molecule has 2 amide bonds. The second kappa shape index (κ2) is 13.1. The van der Waals surface area contributed by atoms with Gasteiger partial charge in [0, 0.05) is 11.8 Å². The molecule has 0 saturated heterocycles. The normalized spacial score (nSPS) is 15.2. The lowest BCUT2D eigenvalue weighted by atomic mass is 9.94. The average Bonchev–Trinajstić information content (AvgIpc) is 2.70. The van der Waals surface area contributed by atoms with E-state index in [1.54, 1.807) is 13.8 Å². The molecule has 1 unspecified atom stereocenters. The Hall–Kier alpha value is -2.29. The Kier molecular flexibility index (Phi) is 11.2. The highest BCUT2D eigenvalue weighted by Crippen LogP contribution is 2.13. The van der Waals surface area contributed by atoms with Gasteiger partial charge in [0.2, 0.25) is 11.8 Å². The maximum absolute atomic E-state index is 12.9. The zero-order valence-corrected chi connectivity index (χ0v) is 18.1. The fourth-order valence-corrected chi connectivity index (χ4v) is 3.22. The number of aliphatic hydroxyl groups excluding tert-OH is 1. The molecule has 0 aromatic heterocycles. The van der Waals surface area contributed by atoms with Crippen LogP contribution in [0.4, 0.5) is 0 Å². The van der Waals surface area contributed by atoms with Crippen molar-refractivity contribution in [1.82, 2.24) is 10.6 Å². The van der Waals surface area contributed by atoms with E-state index in [0.29, 0.717) is 19.4 Å². The van der Waals surface area contributed by atoms with Crippen molar-refractivity contribution in [2.45, 2.75) is 58.2 Å². The van der Waals surface area contributed by atoms with Crippen molar-refractivity contribution < 1.29 is 19.5 Å². The lowest BCUT2D eigenvalue weighted by Gasteiger charge is -2.26. The molecule has 0 fully saturated rings. The maximum Gasteiger partial charge on any atom is 0.245 e. The molecule has 1 rings (SSSR count). The van der Waals surface area contributed by atoms with Crippen LogP contribution >= 0.6 is 0 Å². The maximum atomic E-state index is 12.9. The van der Waals surface area contributed by atoms with E-state index in [9.17, 15) is 19.5 Å². The monoisotopic (exact) mass is 420 g/mol. The summed E-state index contributed by atoms with van der Waals surface area (Å²) in [5, 5.41) is 15.4. The fraction of sp³-hybridized carbons (Fsp3) is 0.591. The number of carbonyl (C=O) groups excluding carboxylic acids is 3. The third-order valence-electron chi connectivity index (χ3n) is 4.96. The van der Waals surface area contributed by atoms with Gasteiger partial charge in [-0.15, -0.1) is 0 Å². The molecular formula is C22H36N4O4. The molecule has 168 valence electrons. The highest BCUT2D eigenvalue weighted by Gasteiger charge is 2.31. The average molecular weight is 421 g/mol. The number of carbonyl (C=O) groups is 3. The number of ketones is 1. The van der Waals surface area contributed by atoms with Gasteiger partial charge in [0.05, 0.1) is 12.1 Å². The van der Waals surface area contributed by atoms with Gasteiger partial charge in [-0.1, -0.05) is 44.2 Å². The Bertz CT molecular complexity index is 679. The highest BCUT2D eigenvalue weighted by atomic mass is 16.3. The van der Waals surface area contributed by atoms with Crippen molar-refractivity contribution in [2.75, 3.05) is 13.1 Å². The van der Waals surface area contributed by atoms with Crippen LogP contribution in [0, 0.1) is 11.8 Å². The van der Waals surface area contributed by atoms with Crippen molar-refractivity contribution >= 4 is 17.6 Å². The van der Waals surface area contributed by atoms with Crippen LogP contribution in [0.25, 0.3) is 0 Å². The zero-order chi connectivity index (χ0) is 22.7. The summed E-state index contributed by atoms with van der Waals surface area (Å²) in [6.45, 7) is 5.45. The van der Waals surface area contributed by atoms with Gasteiger partial charge in [-0.25, -0.2) is 0 Å². The van der Waals surface area contributed by atoms with E-state index >= 15 is 0 Å². The number of benzene rings is 1. The van der Waals surface area contributed by atoms with E-state index in [-0.39, 0.29) is 30.6 Å². The predicted octanol–water partition coefficient (Wildman–Crippen LogP) is 0.118. The number of Topliss-reactive ketones (excluding diaryl/α,β-unsaturated/α-hetero) is 1. The summed E-state index contributed by atoms with van der Waals surface area (Å²) in [7, 11) is 0. The first-order valence-electron chi connectivity index (χ1n) is 10.5. The van der Waals surface area contributed by atoms with E-state index in [1.807, 2.05) is 30.3 Å². The number of aliphatic hydroxyl groups is 1. The first-order chi connectivity index (χ1) is 14.2. The molecule has 1 aromatic rings. The molecule has 0 radical (unpaired) electrons. The Labute approximate surface area is 178 Å². The molecule has 0 heterocycles. The van der Waals surface area contributed by atoms with Gasteiger partial charge in [0.25, 0.3) is 0 Å². The third-order valence-corrected chi connectivity index (χ3v) is 4.96. The van der Waals surface area contributed by atoms with Crippen molar-refractivity contribution in [2.24, 2.45) is 23.3 Å². The summed E-state index contributed by atoms with van der Waals surface area (Å²) >= 11 is 0. The van der Waals surface area contributed by atoms with E-state index in [1.165, 1.54) is 6.92 Å². The van der Waals surface area contributed by atoms with Gasteiger partial charge in [0.1, 0.15) is 6.04 Å². The van der Waals surface area contributed by atoms with Crippen molar-refractivity contribution in [3.05, 3.63) is 35.9 Å². The molecule has 30 heavy (non-hydrogen) atoms. The summed E-state index contributed by atoms with van der Waals surface area (Å²) in [4.78, 5) is 38.0. The number of rotatable bonds is 13. The molecule has 0 aliphatic carbocycles. The highest BCUT2D eigenvalue weighted by molar-refractivity contribution is 5.94. The molecule has 7 N–H and O–H groups in total. The van der Waals surface area contributed by atoms with Crippen LogP contribution in [-0.2, 0) is 20.8 Å². The number of hydrogen-bond acceptors (Lipinski definition) is 6. The standard InChI is InChI=1S/C22H36N4O4/c1-14(2)20(28)18(10-12-24)25-22(30)19(15(3)27)26-21(29)17(9-11-23)13-16-7-5-4-6-8-16/h4-8,14-15,17-19,27H,9-13,23-24H2,1-3H3,(H,25,30)(H,26,29)/t15-,17?,18-,19-/m0/s1. The molecule has 0 bridgehead atoms. The topological polar surface area (TPSA) is 148 Å². The minimum absolute atomic E-state index is 0.144. The lowest BCUT2D eigenvalue weighted by Crippen LogP contribution is -2.57. The summed E-state index contributed by atoms with van der Waals surface area (Å²) < 4.78 is 0. The molecular weight excluding hydrogens is 384 g/mol. The molecule has 1 aromatic carbocycles. The van der Waals surface area contributed by atoms with Gasteiger partial charge in [-0.3, -0.25) is 14.4 Å². The van der Waals surface area contributed by atoms with Gasteiger partial charge in [-0.2, -0.15) is 0 Å². The van der Waals surface area contributed by atoms with Crippen LogP contribution < -0.4 is 22.1 Å². The summed E-state index contributed by atoms with van der Waals surface area (Å²) in [5.41, 5.74) is 12.2. The van der Waals surface area contributed by atoms with E-state index in [0.717, 1.165) is 5.56 Å². The molecule has 4 atom stereocenters. The second-order valence-electron chi connectivity index (χ2n) is 7.89. The van der Waals surface area contributed by atoms with Crippen LogP contribution in [0.3, 0.4) is 0 Å². The first-order valence-corrected chi connectivity index (χ1v) is 10.5. The van der Waals surface area contributed by atoms with Crippen molar-refractivity contribution in [1.29, 1.82) is 0 Å². The Morgan fingerprint density at radius 3 is 2.03 bits per heavy atom. The number of hydrogen-bond donors (Lipinski definition) is 5. The quantitative estimate of drug-likeness (QED) is 0.306. The Morgan fingerprint density at radius 2 is 1.53 bits per heavy atom. The molecule has 8 heteroatoms. The first kappa shape index (κ1) is 25.7. The second-order valence-corrected chi connectivity index (χ2v) is 7.89. The van der Waals surface area contributed by atoms with E-state index in [4.69, 9.17) is 11.5 Å². The summed E-state index contributed by atoms with van der Waals surface area (Å²) in [6, 6.07) is 7.57. The number of nitrogens with one attached hydrogen (secondary N) is 2. The van der Waals surface area contributed by atoms with Crippen molar-refractivity contribution in [3.8, 4) is 0 Å².